The van der Waals surface area contributed by atoms with E-state index in [2.05, 4.69) is 17.4 Å². The molecule has 0 saturated heterocycles. The van der Waals surface area contributed by atoms with E-state index in [-0.39, 0.29) is 6.10 Å². The van der Waals surface area contributed by atoms with E-state index in [0.717, 1.165) is 17.9 Å². The van der Waals surface area contributed by atoms with Gasteiger partial charge >= 0.3 is 0 Å². The van der Waals surface area contributed by atoms with Gasteiger partial charge < -0.3 is 15.2 Å². The van der Waals surface area contributed by atoms with Crippen LogP contribution in [0.1, 0.15) is 37.8 Å². The fraction of sp³-hybridized carbons (Fsp3) is 0.600. The maximum Gasteiger partial charge on any atom is 0.127 e. The van der Waals surface area contributed by atoms with Gasteiger partial charge in [0, 0.05) is 18.2 Å². The highest BCUT2D eigenvalue weighted by Gasteiger charge is 2.21. The highest BCUT2D eigenvalue weighted by atomic mass is 16.5. The molecule has 1 saturated carbocycles. The van der Waals surface area contributed by atoms with Crippen molar-refractivity contribution in [2.75, 3.05) is 0 Å². The molecule has 0 aromatic heterocycles. The first-order valence-corrected chi connectivity index (χ1v) is 6.74. The summed E-state index contributed by atoms with van der Waals surface area (Å²) in [4.78, 5) is 0. The molecule has 18 heavy (non-hydrogen) atoms. The SMILES string of the molecule is Cc1cccc(CNC2CC2)c1OC(C)C(C)O. The Morgan fingerprint density at radius 2 is 2.11 bits per heavy atom. The lowest BCUT2D eigenvalue weighted by molar-refractivity contribution is 0.0593. The molecular formula is C15H23NO2. The van der Waals surface area contributed by atoms with Crippen LogP contribution in [0.15, 0.2) is 18.2 Å². The van der Waals surface area contributed by atoms with Gasteiger partial charge in [0.05, 0.1) is 6.10 Å². The number of hydrogen-bond donors (Lipinski definition) is 2. The van der Waals surface area contributed by atoms with Crippen LogP contribution in [-0.2, 0) is 6.54 Å². The van der Waals surface area contributed by atoms with E-state index in [1.807, 2.05) is 19.9 Å². The Kier molecular flexibility index (Phi) is 4.25. The Labute approximate surface area is 109 Å². The van der Waals surface area contributed by atoms with Crippen LogP contribution in [-0.4, -0.2) is 23.4 Å². The largest absolute Gasteiger partial charge is 0.487 e. The van der Waals surface area contributed by atoms with Gasteiger partial charge in [0.2, 0.25) is 0 Å². The number of hydrogen-bond acceptors (Lipinski definition) is 3. The predicted octanol–water partition coefficient (Wildman–Crippen LogP) is 2.40. The lowest BCUT2D eigenvalue weighted by Crippen LogP contribution is -2.27. The molecule has 0 aliphatic heterocycles. The molecule has 1 aliphatic carbocycles. The standard InChI is InChI=1S/C15H23NO2/c1-10-5-4-6-13(9-16-14-7-8-14)15(10)18-12(3)11(2)17/h4-6,11-12,14,16-17H,7-9H2,1-3H3. The van der Waals surface area contributed by atoms with Crippen LogP contribution in [0, 0.1) is 6.92 Å². The van der Waals surface area contributed by atoms with Crippen LogP contribution in [0.4, 0.5) is 0 Å². The van der Waals surface area contributed by atoms with Gasteiger partial charge in [0.25, 0.3) is 0 Å². The van der Waals surface area contributed by atoms with Crippen molar-refractivity contribution in [3.63, 3.8) is 0 Å². The number of nitrogens with one attached hydrogen (secondary N) is 1. The molecule has 2 atom stereocenters. The van der Waals surface area contributed by atoms with Crippen LogP contribution in [0.5, 0.6) is 5.75 Å². The Bertz CT molecular complexity index is 399. The number of rotatable bonds is 6. The van der Waals surface area contributed by atoms with Crippen molar-refractivity contribution in [2.24, 2.45) is 0 Å². The van der Waals surface area contributed by atoms with Gasteiger partial charge in [0.15, 0.2) is 0 Å². The summed E-state index contributed by atoms with van der Waals surface area (Å²) < 4.78 is 5.90. The molecule has 3 heteroatoms. The zero-order valence-electron chi connectivity index (χ0n) is 11.4. The summed E-state index contributed by atoms with van der Waals surface area (Å²) in [5.41, 5.74) is 2.30. The fourth-order valence-electron chi connectivity index (χ4n) is 1.85. The van der Waals surface area contributed by atoms with Crippen molar-refractivity contribution in [1.82, 2.24) is 5.32 Å². The topological polar surface area (TPSA) is 41.5 Å². The van der Waals surface area contributed by atoms with E-state index in [4.69, 9.17) is 4.74 Å². The summed E-state index contributed by atoms with van der Waals surface area (Å²) in [5, 5.41) is 13.1. The minimum Gasteiger partial charge on any atom is -0.487 e. The Morgan fingerprint density at radius 3 is 2.72 bits per heavy atom. The van der Waals surface area contributed by atoms with Crippen LogP contribution in [0.3, 0.4) is 0 Å². The van der Waals surface area contributed by atoms with Gasteiger partial charge in [-0.1, -0.05) is 18.2 Å². The zero-order chi connectivity index (χ0) is 13.1. The maximum absolute atomic E-state index is 9.55. The zero-order valence-corrected chi connectivity index (χ0v) is 11.4. The Hall–Kier alpha value is -1.06. The maximum atomic E-state index is 9.55. The molecule has 1 fully saturated rings. The molecule has 2 rings (SSSR count). The lowest BCUT2D eigenvalue weighted by Gasteiger charge is -2.21. The number of aryl methyl sites for hydroxylation is 1. The second-order valence-corrected chi connectivity index (χ2v) is 5.28. The fourth-order valence-corrected chi connectivity index (χ4v) is 1.85. The molecule has 1 aromatic rings. The molecule has 1 aromatic carbocycles. The number of ether oxygens (including phenoxy) is 1. The number of benzene rings is 1. The number of aliphatic hydroxyl groups excluding tert-OH is 1. The summed E-state index contributed by atoms with van der Waals surface area (Å²) in [7, 11) is 0. The summed E-state index contributed by atoms with van der Waals surface area (Å²) in [5.74, 6) is 0.916. The molecule has 2 N–H and O–H groups in total. The average molecular weight is 249 g/mol. The molecule has 0 radical (unpaired) electrons. The van der Waals surface area contributed by atoms with E-state index in [1.165, 1.54) is 18.4 Å². The van der Waals surface area contributed by atoms with Crippen LogP contribution in [0.25, 0.3) is 0 Å². The monoisotopic (exact) mass is 249 g/mol. The third-order valence-electron chi connectivity index (χ3n) is 3.44. The van der Waals surface area contributed by atoms with Crippen molar-refractivity contribution in [1.29, 1.82) is 0 Å². The molecule has 100 valence electrons. The quantitative estimate of drug-likeness (QED) is 0.813. The molecular weight excluding hydrogens is 226 g/mol. The Morgan fingerprint density at radius 1 is 1.39 bits per heavy atom. The van der Waals surface area contributed by atoms with Gasteiger partial charge in [0.1, 0.15) is 11.9 Å². The summed E-state index contributed by atoms with van der Waals surface area (Å²) in [6, 6.07) is 6.88. The van der Waals surface area contributed by atoms with Gasteiger partial charge in [-0.25, -0.2) is 0 Å². The summed E-state index contributed by atoms with van der Waals surface area (Å²) >= 11 is 0. The van der Waals surface area contributed by atoms with Gasteiger partial charge in [-0.05, 0) is 39.2 Å². The lowest BCUT2D eigenvalue weighted by atomic mass is 10.1. The second kappa shape index (κ2) is 5.72. The minimum absolute atomic E-state index is 0.189. The molecule has 1 aliphatic rings. The van der Waals surface area contributed by atoms with E-state index in [1.54, 1.807) is 6.92 Å². The smallest absolute Gasteiger partial charge is 0.127 e. The van der Waals surface area contributed by atoms with E-state index >= 15 is 0 Å². The number of aliphatic hydroxyl groups is 1. The molecule has 0 amide bonds. The normalized spacial score (nSPS) is 18.4. The third kappa shape index (κ3) is 3.47. The first-order chi connectivity index (χ1) is 8.58. The average Bonchev–Trinajstić information content (AvgIpc) is 3.13. The highest BCUT2D eigenvalue weighted by molar-refractivity contribution is 5.41. The van der Waals surface area contributed by atoms with Gasteiger partial charge in [-0.3, -0.25) is 0 Å². The van der Waals surface area contributed by atoms with Crippen molar-refractivity contribution in [2.45, 2.75) is 58.4 Å². The molecule has 3 nitrogen and oxygen atoms in total. The number of para-hydroxylation sites is 1. The van der Waals surface area contributed by atoms with Crippen LogP contribution >= 0.6 is 0 Å². The van der Waals surface area contributed by atoms with Crippen LogP contribution in [0.2, 0.25) is 0 Å². The van der Waals surface area contributed by atoms with Gasteiger partial charge in [-0.2, -0.15) is 0 Å². The second-order valence-electron chi connectivity index (χ2n) is 5.28. The van der Waals surface area contributed by atoms with Crippen LogP contribution < -0.4 is 10.1 Å². The molecule has 0 spiro atoms. The third-order valence-corrected chi connectivity index (χ3v) is 3.44. The van der Waals surface area contributed by atoms with E-state index < -0.39 is 6.10 Å². The highest BCUT2D eigenvalue weighted by Crippen LogP contribution is 2.27. The minimum atomic E-state index is -0.464. The molecule has 0 heterocycles. The van der Waals surface area contributed by atoms with Crippen molar-refractivity contribution in [3.8, 4) is 5.75 Å². The van der Waals surface area contributed by atoms with Crippen molar-refractivity contribution < 1.29 is 9.84 Å². The first-order valence-electron chi connectivity index (χ1n) is 6.74. The predicted molar refractivity (Wildman–Crippen MR) is 72.8 cm³/mol. The van der Waals surface area contributed by atoms with Crippen molar-refractivity contribution in [3.05, 3.63) is 29.3 Å². The Balaban J connectivity index is 2.09. The summed E-state index contributed by atoms with van der Waals surface area (Å²) in [6.45, 7) is 6.54. The first kappa shape index (κ1) is 13.4. The van der Waals surface area contributed by atoms with E-state index in [9.17, 15) is 5.11 Å². The molecule has 2 unspecified atom stereocenters. The van der Waals surface area contributed by atoms with Gasteiger partial charge in [-0.15, -0.1) is 0 Å². The molecule has 0 bridgehead atoms. The summed E-state index contributed by atoms with van der Waals surface area (Å²) in [6.07, 6.45) is 1.91. The van der Waals surface area contributed by atoms with Crippen molar-refractivity contribution >= 4 is 0 Å². The van der Waals surface area contributed by atoms with E-state index in [0.29, 0.717) is 6.04 Å².